The molecule has 2 N–H and O–H groups in total. The van der Waals surface area contributed by atoms with Crippen LogP contribution in [0.4, 0.5) is 4.39 Å². The van der Waals surface area contributed by atoms with Gasteiger partial charge in [-0.15, -0.1) is 6.58 Å². The standard InChI is InChI=1S/C10H11BrFN/c1-3-10(2,13)7-4-5-9(12)8(11)6-7/h3-6H,1,13H2,2H3/t10-/m1/s1. The first-order valence-electron chi connectivity index (χ1n) is 3.85. The Morgan fingerprint density at radius 3 is 2.69 bits per heavy atom. The quantitative estimate of drug-likeness (QED) is 0.795. The van der Waals surface area contributed by atoms with Gasteiger partial charge in [0.25, 0.3) is 0 Å². The molecule has 0 aliphatic heterocycles. The molecule has 1 aromatic rings. The summed E-state index contributed by atoms with van der Waals surface area (Å²) < 4.78 is 13.3. The van der Waals surface area contributed by atoms with Crippen LogP contribution in [0.15, 0.2) is 35.3 Å². The lowest BCUT2D eigenvalue weighted by molar-refractivity contribution is 0.605. The average Bonchev–Trinajstić information content (AvgIpc) is 2.09. The van der Waals surface area contributed by atoms with Gasteiger partial charge in [0.2, 0.25) is 0 Å². The number of hydrogen-bond acceptors (Lipinski definition) is 1. The lowest BCUT2D eigenvalue weighted by atomic mass is 9.94. The van der Waals surface area contributed by atoms with Crippen molar-refractivity contribution in [2.24, 2.45) is 5.73 Å². The lowest BCUT2D eigenvalue weighted by Crippen LogP contribution is -2.29. The second-order valence-corrected chi connectivity index (χ2v) is 3.97. The topological polar surface area (TPSA) is 26.0 Å². The summed E-state index contributed by atoms with van der Waals surface area (Å²) in [4.78, 5) is 0. The molecule has 1 rings (SSSR count). The summed E-state index contributed by atoms with van der Waals surface area (Å²) in [6, 6.07) is 4.70. The molecule has 0 fully saturated rings. The van der Waals surface area contributed by atoms with Crippen LogP contribution in [0.2, 0.25) is 0 Å². The highest BCUT2D eigenvalue weighted by molar-refractivity contribution is 9.10. The minimum Gasteiger partial charge on any atom is -0.318 e. The van der Waals surface area contributed by atoms with E-state index < -0.39 is 5.54 Å². The van der Waals surface area contributed by atoms with E-state index in [1.807, 2.05) is 6.92 Å². The minimum absolute atomic E-state index is 0.288. The molecule has 0 aromatic heterocycles. The van der Waals surface area contributed by atoms with Crippen molar-refractivity contribution < 1.29 is 4.39 Å². The van der Waals surface area contributed by atoms with E-state index in [1.54, 1.807) is 18.2 Å². The Morgan fingerprint density at radius 1 is 1.62 bits per heavy atom. The number of benzene rings is 1. The van der Waals surface area contributed by atoms with Crippen LogP contribution in [0.5, 0.6) is 0 Å². The predicted octanol–water partition coefficient (Wildman–Crippen LogP) is 2.95. The molecule has 1 nitrogen and oxygen atoms in total. The van der Waals surface area contributed by atoms with Crippen LogP contribution in [0.3, 0.4) is 0 Å². The maximum Gasteiger partial charge on any atom is 0.137 e. The number of hydrogen-bond donors (Lipinski definition) is 1. The molecule has 1 atom stereocenters. The minimum atomic E-state index is -0.615. The van der Waals surface area contributed by atoms with Crippen molar-refractivity contribution >= 4 is 15.9 Å². The van der Waals surface area contributed by atoms with Gasteiger partial charge in [-0.25, -0.2) is 4.39 Å². The van der Waals surface area contributed by atoms with Crippen molar-refractivity contribution in [3.8, 4) is 0 Å². The molecule has 0 unspecified atom stereocenters. The van der Waals surface area contributed by atoms with Crippen molar-refractivity contribution in [3.05, 3.63) is 46.7 Å². The average molecular weight is 244 g/mol. The van der Waals surface area contributed by atoms with Gasteiger partial charge in [-0.1, -0.05) is 12.1 Å². The summed E-state index contributed by atoms with van der Waals surface area (Å²) >= 11 is 3.10. The predicted molar refractivity (Wildman–Crippen MR) is 55.8 cm³/mol. The molecule has 0 radical (unpaired) electrons. The molecule has 1 aromatic carbocycles. The zero-order chi connectivity index (χ0) is 10.1. The van der Waals surface area contributed by atoms with Crippen molar-refractivity contribution in [2.45, 2.75) is 12.5 Å². The molecule has 0 bridgehead atoms. The smallest absolute Gasteiger partial charge is 0.137 e. The normalized spacial score (nSPS) is 15.1. The molecule has 3 heteroatoms. The van der Waals surface area contributed by atoms with Crippen molar-refractivity contribution in [1.29, 1.82) is 0 Å². The van der Waals surface area contributed by atoms with Crippen LogP contribution in [0, 0.1) is 5.82 Å². The summed E-state index contributed by atoms with van der Waals surface area (Å²) in [5, 5.41) is 0. The highest BCUT2D eigenvalue weighted by Crippen LogP contribution is 2.24. The van der Waals surface area contributed by atoms with Gasteiger partial charge in [0, 0.05) is 0 Å². The summed E-state index contributed by atoms with van der Waals surface area (Å²) in [7, 11) is 0. The van der Waals surface area contributed by atoms with Gasteiger partial charge in [-0.3, -0.25) is 0 Å². The van der Waals surface area contributed by atoms with Crippen LogP contribution in [0.1, 0.15) is 12.5 Å². The Hall–Kier alpha value is -0.670. The van der Waals surface area contributed by atoms with Gasteiger partial charge in [-0.05, 0) is 40.5 Å². The monoisotopic (exact) mass is 243 g/mol. The molecular formula is C10H11BrFN. The van der Waals surface area contributed by atoms with Gasteiger partial charge in [0.15, 0.2) is 0 Å². The van der Waals surface area contributed by atoms with Gasteiger partial charge in [-0.2, -0.15) is 0 Å². The van der Waals surface area contributed by atoms with E-state index in [-0.39, 0.29) is 5.82 Å². The third-order valence-electron chi connectivity index (χ3n) is 1.97. The summed E-state index contributed by atoms with van der Waals surface area (Å²) in [5.74, 6) is -0.288. The lowest BCUT2D eigenvalue weighted by Gasteiger charge is -2.20. The van der Waals surface area contributed by atoms with Crippen molar-refractivity contribution in [1.82, 2.24) is 0 Å². The van der Waals surface area contributed by atoms with Crippen molar-refractivity contribution in [3.63, 3.8) is 0 Å². The van der Waals surface area contributed by atoms with E-state index in [0.717, 1.165) is 5.56 Å². The molecule has 0 amide bonds. The van der Waals surface area contributed by atoms with Gasteiger partial charge < -0.3 is 5.73 Å². The first kappa shape index (κ1) is 10.4. The van der Waals surface area contributed by atoms with Crippen LogP contribution >= 0.6 is 15.9 Å². The van der Waals surface area contributed by atoms with Crippen LogP contribution in [-0.2, 0) is 5.54 Å². The molecule has 0 heterocycles. The Labute approximate surface area is 85.6 Å². The maximum absolute atomic E-state index is 12.9. The molecule has 0 saturated heterocycles. The van der Waals surface area contributed by atoms with E-state index in [4.69, 9.17) is 5.73 Å². The number of halogens is 2. The van der Waals surface area contributed by atoms with Gasteiger partial charge >= 0.3 is 0 Å². The molecule has 0 saturated carbocycles. The third kappa shape index (κ3) is 2.17. The summed E-state index contributed by atoms with van der Waals surface area (Å²) in [5.41, 5.74) is 6.11. The second kappa shape index (κ2) is 3.60. The largest absolute Gasteiger partial charge is 0.318 e. The zero-order valence-corrected chi connectivity index (χ0v) is 8.94. The number of nitrogens with two attached hydrogens (primary N) is 1. The fraction of sp³-hybridized carbons (Fsp3) is 0.200. The first-order valence-corrected chi connectivity index (χ1v) is 4.64. The van der Waals surface area contributed by atoms with Crippen LogP contribution in [0.25, 0.3) is 0 Å². The fourth-order valence-corrected chi connectivity index (χ4v) is 1.33. The highest BCUT2D eigenvalue weighted by atomic mass is 79.9. The summed E-state index contributed by atoms with van der Waals surface area (Å²) in [6.45, 7) is 5.45. The van der Waals surface area contributed by atoms with E-state index in [0.29, 0.717) is 4.47 Å². The molecule has 0 aliphatic rings. The van der Waals surface area contributed by atoms with E-state index >= 15 is 0 Å². The Balaban J connectivity index is 3.18. The Kier molecular flexibility index (Phi) is 2.88. The number of rotatable bonds is 2. The molecule has 0 aliphatic carbocycles. The molecule has 0 spiro atoms. The van der Waals surface area contributed by atoms with Crippen LogP contribution in [-0.4, -0.2) is 0 Å². The van der Waals surface area contributed by atoms with Gasteiger partial charge in [0.05, 0.1) is 10.0 Å². The molecule has 13 heavy (non-hydrogen) atoms. The van der Waals surface area contributed by atoms with E-state index in [2.05, 4.69) is 22.5 Å². The van der Waals surface area contributed by atoms with E-state index in [9.17, 15) is 4.39 Å². The van der Waals surface area contributed by atoms with Crippen LogP contribution < -0.4 is 5.73 Å². The van der Waals surface area contributed by atoms with Gasteiger partial charge in [0.1, 0.15) is 5.82 Å². The summed E-state index contributed by atoms with van der Waals surface area (Å²) in [6.07, 6.45) is 1.63. The maximum atomic E-state index is 12.9. The first-order chi connectivity index (χ1) is 5.97. The zero-order valence-electron chi connectivity index (χ0n) is 7.35. The van der Waals surface area contributed by atoms with Crippen molar-refractivity contribution in [2.75, 3.05) is 0 Å². The second-order valence-electron chi connectivity index (χ2n) is 3.12. The molecular weight excluding hydrogens is 233 g/mol. The highest BCUT2D eigenvalue weighted by Gasteiger charge is 2.17. The Bertz CT molecular complexity index is 334. The fourth-order valence-electron chi connectivity index (χ4n) is 0.949. The Morgan fingerprint density at radius 2 is 2.23 bits per heavy atom. The van der Waals surface area contributed by atoms with E-state index in [1.165, 1.54) is 6.07 Å². The SMILES string of the molecule is C=C[C@@](C)(N)c1ccc(F)c(Br)c1. The molecule has 70 valence electrons. The third-order valence-corrected chi connectivity index (χ3v) is 2.57.